The van der Waals surface area contributed by atoms with Crippen molar-refractivity contribution in [2.75, 3.05) is 0 Å². The van der Waals surface area contributed by atoms with Gasteiger partial charge < -0.3 is 9.52 Å². The van der Waals surface area contributed by atoms with Crippen molar-refractivity contribution in [3.63, 3.8) is 0 Å². The Hall–Kier alpha value is -2.97. The summed E-state index contributed by atoms with van der Waals surface area (Å²) in [6.45, 7) is 1.71. The minimum atomic E-state index is -1.16. The standard InChI is InChI=1S/C12H11N5O4/c1-6-7(3-9(21-6)12(19)20)5-17-11(18)8-4-13-16(2)10(8)14-15-17/h3-4H,5H2,1-2H3,(H,19,20). The lowest BCUT2D eigenvalue weighted by atomic mass is 10.2. The molecule has 3 heterocycles. The first-order valence-electron chi connectivity index (χ1n) is 6.05. The Morgan fingerprint density at radius 2 is 2.24 bits per heavy atom. The van der Waals surface area contributed by atoms with E-state index in [9.17, 15) is 9.59 Å². The number of furan rings is 1. The van der Waals surface area contributed by atoms with Gasteiger partial charge in [0.25, 0.3) is 5.56 Å². The van der Waals surface area contributed by atoms with Crippen molar-refractivity contribution < 1.29 is 14.3 Å². The average Bonchev–Trinajstić information content (AvgIpc) is 2.98. The quantitative estimate of drug-likeness (QED) is 0.730. The van der Waals surface area contributed by atoms with Crippen molar-refractivity contribution in [1.82, 2.24) is 24.8 Å². The van der Waals surface area contributed by atoms with Crippen LogP contribution in [0.15, 0.2) is 21.5 Å². The molecule has 0 spiro atoms. The highest BCUT2D eigenvalue weighted by atomic mass is 16.4. The summed E-state index contributed by atoms with van der Waals surface area (Å²) in [7, 11) is 1.67. The van der Waals surface area contributed by atoms with Crippen LogP contribution in [-0.2, 0) is 13.6 Å². The minimum Gasteiger partial charge on any atom is -0.475 e. The average molecular weight is 289 g/mol. The topological polar surface area (TPSA) is 116 Å². The van der Waals surface area contributed by atoms with Crippen LogP contribution in [0.5, 0.6) is 0 Å². The number of rotatable bonds is 3. The zero-order chi connectivity index (χ0) is 15.1. The van der Waals surface area contributed by atoms with Gasteiger partial charge in [-0.3, -0.25) is 4.79 Å². The van der Waals surface area contributed by atoms with Crippen molar-refractivity contribution in [2.24, 2.45) is 7.05 Å². The molecule has 0 aliphatic rings. The molecule has 0 saturated heterocycles. The third-order valence-electron chi connectivity index (χ3n) is 3.17. The van der Waals surface area contributed by atoms with Gasteiger partial charge in [0.1, 0.15) is 11.1 Å². The second-order valence-corrected chi connectivity index (χ2v) is 4.55. The van der Waals surface area contributed by atoms with Gasteiger partial charge in [-0.25, -0.2) is 14.2 Å². The predicted molar refractivity (Wildman–Crippen MR) is 70.1 cm³/mol. The molecule has 0 unspecified atom stereocenters. The van der Waals surface area contributed by atoms with Crippen LogP contribution in [-0.4, -0.2) is 35.9 Å². The van der Waals surface area contributed by atoms with E-state index in [1.54, 1.807) is 14.0 Å². The molecule has 0 radical (unpaired) electrons. The normalized spacial score (nSPS) is 11.1. The van der Waals surface area contributed by atoms with Crippen LogP contribution in [0.2, 0.25) is 0 Å². The molecule has 3 aromatic heterocycles. The lowest BCUT2D eigenvalue weighted by Gasteiger charge is -2.02. The lowest BCUT2D eigenvalue weighted by Crippen LogP contribution is -2.24. The van der Waals surface area contributed by atoms with E-state index in [1.807, 2.05) is 0 Å². The maximum atomic E-state index is 12.3. The molecule has 0 saturated carbocycles. The lowest BCUT2D eigenvalue weighted by molar-refractivity contribution is 0.0661. The summed E-state index contributed by atoms with van der Waals surface area (Å²) in [5.41, 5.74) is 0.615. The molecule has 0 bridgehead atoms. The molecular formula is C12H11N5O4. The van der Waals surface area contributed by atoms with Gasteiger partial charge in [-0.1, -0.05) is 5.21 Å². The molecule has 0 aromatic carbocycles. The fourth-order valence-corrected chi connectivity index (χ4v) is 2.02. The van der Waals surface area contributed by atoms with E-state index in [2.05, 4.69) is 15.4 Å². The van der Waals surface area contributed by atoms with Gasteiger partial charge in [-0.2, -0.15) is 5.10 Å². The van der Waals surface area contributed by atoms with Gasteiger partial charge in [0.2, 0.25) is 5.76 Å². The summed E-state index contributed by atoms with van der Waals surface area (Å²) < 4.78 is 7.70. The molecule has 108 valence electrons. The van der Waals surface area contributed by atoms with Crippen LogP contribution < -0.4 is 5.56 Å². The highest BCUT2D eigenvalue weighted by molar-refractivity contribution is 5.84. The van der Waals surface area contributed by atoms with Gasteiger partial charge in [-0.05, 0) is 13.0 Å². The third-order valence-corrected chi connectivity index (χ3v) is 3.17. The first-order chi connectivity index (χ1) is 9.97. The molecule has 0 amide bonds. The fraction of sp³-hybridized carbons (Fsp3) is 0.250. The van der Waals surface area contributed by atoms with Gasteiger partial charge in [0.05, 0.1) is 12.7 Å². The molecule has 3 rings (SSSR count). The number of nitrogens with zero attached hydrogens (tertiary/aromatic N) is 5. The molecule has 9 nitrogen and oxygen atoms in total. The van der Waals surface area contributed by atoms with Gasteiger partial charge >= 0.3 is 5.97 Å². The first-order valence-corrected chi connectivity index (χ1v) is 6.05. The number of carboxylic acid groups (broad SMARTS) is 1. The Morgan fingerprint density at radius 3 is 2.90 bits per heavy atom. The van der Waals surface area contributed by atoms with Crippen LogP contribution >= 0.6 is 0 Å². The highest BCUT2D eigenvalue weighted by Gasteiger charge is 2.16. The summed E-state index contributed by atoms with van der Waals surface area (Å²) in [4.78, 5) is 23.1. The molecular weight excluding hydrogens is 278 g/mol. The summed E-state index contributed by atoms with van der Waals surface area (Å²) in [6.07, 6.45) is 1.42. The fourth-order valence-electron chi connectivity index (χ4n) is 2.02. The Balaban J connectivity index is 2.04. The molecule has 0 fully saturated rings. The number of hydrogen-bond acceptors (Lipinski definition) is 6. The van der Waals surface area contributed by atoms with Crippen LogP contribution in [0.1, 0.15) is 21.9 Å². The second-order valence-electron chi connectivity index (χ2n) is 4.55. The Bertz CT molecular complexity index is 904. The number of carbonyl (C=O) groups is 1. The predicted octanol–water partition coefficient (Wildman–Crippen LogP) is 0.173. The monoisotopic (exact) mass is 289 g/mol. The molecule has 3 aromatic rings. The maximum Gasteiger partial charge on any atom is 0.371 e. The van der Waals surface area contributed by atoms with Crippen LogP contribution in [0.25, 0.3) is 11.0 Å². The first kappa shape index (κ1) is 13.0. The summed E-state index contributed by atoms with van der Waals surface area (Å²) in [5.74, 6) is -0.913. The van der Waals surface area contributed by atoms with E-state index in [1.165, 1.54) is 16.9 Å². The summed E-state index contributed by atoms with van der Waals surface area (Å²) in [6, 6.07) is 1.37. The van der Waals surface area contributed by atoms with E-state index in [0.29, 0.717) is 22.4 Å². The smallest absolute Gasteiger partial charge is 0.371 e. The van der Waals surface area contributed by atoms with Crippen molar-refractivity contribution in [3.05, 3.63) is 39.7 Å². The van der Waals surface area contributed by atoms with Crippen molar-refractivity contribution in [1.29, 1.82) is 0 Å². The number of carboxylic acids is 1. The molecule has 0 aliphatic carbocycles. The Kier molecular flexibility index (Phi) is 2.82. The Labute approximate surface area is 117 Å². The maximum absolute atomic E-state index is 12.3. The third kappa shape index (κ3) is 2.08. The summed E-state index contributed by atoms with van der Waals surface area (Å²) in [5, 5.41) is 21.0. The van der Waals surface area contributed by atoms with Gasteiger partial charge in [0, 0.05) is 12.6 Å². The highest BCUT2D eigenvalue weighted by Crippen LogP contribution is 2.15. The van der Waals surface area contributed by atoms with E-state index in [-0.39, 0.29) is 17.9 Å². The van der Waals surface area contributed by atoms with Crippen LogP contribution in [0, 0.1) is 6.92 Å². The largest absolute Gasteiger partial charge is 0.475 e. The number of aromatic nitrogens is 5. The zero-order valence-corrected chi connectivity index (χ0v) is 11.3. The van der Waals surface area contributed by atoms with E-state index < -0.39 is 5.97 Å². The van der Waals surface area contributed by atoms with Crippen LogP contribution in [0.3, 0.4) is 0 Å². The SMILES string of the molecule is Cc1oc(C(=O)O)cc1Cn1nnc2c(cnn2C)c1=O. The van der Waals surface area contributed by atoms with Gasteiger partial charge in [0.15, 0.2) is 5.65 Å². The second kappa shape index (κ2) is 4.54. The number of aryl methyl sites for hydroxylation is 2. The van der Waals surface area contributed by atoms with E-state index >= 15 is 0 Å². The molecule has 0 atom stereocenters. The molecule has 0 aliphatic heterocycles. The van der Waals surface area contributed by atoms with E-state index in [0.717, 1.165) is 4.68 Å². The van der Waals surface area contributed by atoms with Crippen molar-refractivity contribution in [2.45, 2.75) is 13.5 Å². The number of fused-ring (bicyclic) bond motifs is 1. The van der Waals surface area contributed by atoms with E-state index in [4.69, 9.17) is 9.52 Å². The number of hydrogen-bond donors (Lipinski definition) is 1. The Morgan fingerprint density at radius 1 is 1.48 bits per heavy atom. The molecule has 1 N–H and O–H groups in total. The van der Waals surface area contributed by atoms with Crippen molar-refractivity contribution in [3.8, 4) is 0 Å². The molecule has 9 heteroatoms. The summed E-state index contributed by atoms with van der Waals surface area (Å²) >= 11 is 0. The van der Waals surface area contributed by atoms with Crippen LogP contribution in [0.4, 0.5) is 0 Å². The minimum absolute atomic E-state index is 0.0826. The van der Waals surface area contributed by atoms with Gasteiger partial charge in [-0.15, -0.1) is 5.10 Å². The van der Waals surface area contributed by atoms with Crippen molar-refractivity contribution >= 4 is 17.0 Å². The molecule has 21 heavy (non-hydrogen) atoms. The number of aromatic carboxylic acids is 1. The zero-order valence-electron chi connectivity index (χ0n) is 11.3.